The molecule has 2 nitrogen and oxygen atoms in total. The average molecular weight is 209 g/mol. The molecule has 0 aromatic carbocycles. The Morgan fingerprint density at radius 3 is 1.55 bits per heavy atom. The van der Waals surface area contributed by atoms with Crippen LogP contribution in [0.5, 0.6) is 0 Å². The van der Waals surface area contributed by atoms with Crippen LogP contribution in [0.2, 0.25) is 0 Å². The van der Waals surface area contributed by atoms with E-state index in [2.05, 4.69) is 9.47 Å². The summed E-state index contributed by atoms with van der Waals surface area (Å²) in [5, 5.41) is 0. The molecule has 0 spiro atoms. The van der Waals surface area contributed by atoms with Gasteiger partial charge in [0.1, 0.15) is 0 Å². The zero-order chi connectivity index (χ0) is 9.07. The molecule has 0 radical (unpaired) electrons. The van der Waals surface area contributed by atoms with Crippen molar-refractivity contribution >= 4 is 23.2 Å². The van der Waals surface area contributed by atoms with Gasteiger partial charge in [0, 0.05) is 14.2 Å². The molecule has 68 valence electrons. The van der Waals surface area contributed by atoms with Crippen LogP contribution in [0.3, 0.4) is 0 Å². The third-order valence-corrected chi connectivity index (χ3v) is 1.96. The molecule has 0 bridgehead atoms. The molecule has 6 heteroatoms. The fraction of sp³-hybridized carbons (Fsp3) is 1.00. The summed E-state index contributed by atoms with van der Waals surface area (Å²) in [6.07, 6.45) is 0. The molecule has 0 saturated heterocycles. The topological polar surface area (TPSA) is 18.5 Å². The molecule has 0 fully saturated rings. The molecule has 0 saturated carbocycles. The minimum Gasteiger partial charge on any atom is -0.359 e. The SMILES string of the molecule is COC(Cl)C(F)(F)C(Cl)OC. The highest BCUT2D eigenvalue weighted by Gasteiger charge is 2.46. The Morgan fingerprint density at radius 1 is 1.09 bits per heavy atom. The van der Waals surface area contributed by atoms with Gasteiger partial charge < -0.3 is 9.47 Å². The zero-order valence-electron chi connectivity index (χ0n) is 5.98. The van der Waals surface area contributed by atoms with Crippen molar-refractivity contribution in [3.8, 4) is 0 Å². The molecule has 0 aliphatic carbocycles. The fourth-order valence-electron chi connectivity index (χ4n) is 0.417. The van der Waals surface area contributed by atoms with Crippen molar-refractivity contribution in [3.05, 3.63) is 0 Å². The van der Waals surface area contributed by atoms with Crippen molar-refractivity contribution in [2.45, 2.75) is 17.0 Å². The van der Waals surface area contributed by atoms with E-state index in [0.717, 1.165) is 14.2 Å². The standard InChI is InChI=1S/C5H8Cl2F2O2/c1-10-3(6)5(8,9)4(7)11-2/h3-4H,1-2H3. The number of ether oxygens (including phenoxy) is 2. The second-order valence-corrected chi connectivity index (χ2v) is 2.57. The summed E-state index contributed by atoms with van der Waals surface area (Å²) in [6, 6.07) is 0. The van der Waals surface area contributed by atoms with Crippen molar-refractivity contribution < 1.29 is 18.3 Å². The van der Waals surface area contributed by atoms with Crippen LogP contribution >= 0.6 is 23.2 Å². The summed E-state index contributed by atoms with van der Waals surface area (Å²) in [5.74, 6) is -3.40. The van der Waals surface area contributed by atoms with Crippen molar-refractivity contribution in [3.63, 3.8) is 0 Å². The van der Waals surface area contributed by atoms with Crippen molar-refractivity contribution in [1.29, 1.82) is 0 Å². The number of hydrogen-bond donors (Lipinski definition) is 0. The largest absolute Gasteiger partial charge is 0.359 e. The highest BCUT2D eigenvalue weighted by atomic mass is 35.5. The monoisotopic (exact) mass is 208 g/mol. The summed E-state index contributed by atoms with van der Waals surface area (Å²) >= 11 is 10.2. The molecule has 2 atom stereocenters. The lowest BCUT2D eigenvalue weighted by molar-refractivity contribution is -0.141. The van der Waals surface area contributed by atoms with Crippen LogP contribution in [-0.2, 0) is 9.47 Å². The van der Waals surface area contributed by atoms with Crippen LogP contribution in [-0.4, -0.2) is 31.3 Å². The van der Waals surface area contributed by atoms with Crippen molar-refractivity contribution in [1.82, 2.24) is 0 Å². The Morgan fingerprint density at radius 2 is 1.36 bits per heavy atom. The lowest BCUT2D eigenvalue weighted by Gasteiger charge is -2.23. The van der Waals surface area contributed by atoms with Gasteiger partial charge in [-0.05, 0) is 0 Å². The number of methoxy groups -OCH3 is 2. The number of rotatable bonds is 4. The summed E-state index contributed by atoms with van der Waals surface area (Å²) in [5.41, 5.74) is -3.55. The molecular weight excluding hydrogens is 201 g/mol. The summed E-state index contributed by atoms with van der Waals surface area (Å²) in [6.45, 7) is 0. The molecule has 0 aromatic rings. The lowest BCUT2D eigenvalue weighted by atomic mass is 10.4. The molecule has 0 rings (SSSR count). The third-order valence-electron chi connectivity index (χ3n) is 1.02. The molecule has 0 aromatic heterocycles. The maximum Gasteiger partial charge on any atom is 0.326 e. The van der Waals surface area contributed by atoms with Crippen molar-refractivity contribution in [2.75, 3.05) is 14.2 Å². The molecule has 0 N–H and O–H groups in total. The third kappa shape index (κ3) is 2.71. The van der Waals surface area contributed by atoms with Crippen LogP contribution in [0.25, 0.3) is 0 Å². The highest BCUT2D eigenvalue weighted by Crippen LogP contribution is 2.31. The second-order valence-electron chi connectivity index (χ2n) is 1.78. The maximum atomic E-state index is 12.7. The number of halogens is 4. The Bertz CT molecular complexity index is 111. The first-order chi connectivity index (χ1) is 4.96. The van der Waals surface area contributed by atoms with Gasteiger partial charge in [0.05, 0.1) is 0 Å². The summed E-state index contributed by atoms with van der Waals surface area (Å²) in [7, 11) is 2.12. The quantitative estimate of drug-likeness (QED) is 0.659. The van der Waals surface area contributed by atoms with E-state index in [9.17, 15) is 8.78 Å². The van der Waals surface area contributed by atoms with E-state index >= 15 is 0 Å². The molecule has 0 heterocycles. The van der Waals surface area contributed by atoms with E-state index < -0.39 is 17.0 Å². The van der Waals surface area contributed by atoms with Gasteiger partial charge in [-0.25, -0.2) is 0 Å². The minimum atomic E-state index is -3.40. The Kier molecular flexibility index (Phi) is 4.55. The van der Waals surface area contributed by atoms with E-state index in [0.29, 0.717) is 0 Å². The summed E-state index contributed by atoms with van der Waals surface area (Å²) < 4.78 is 33.8. The van der Waals surface area contributed by atoms with E-state index in [1.807, 2.05) is 0 Å². The molecule has 0 aliphatic heterocycles. The first-order valence-electron chi connectivity index (χ1n) is 2.68. The van der Waals surface area contributed by atoms with Crippen LogP contribution in [0.1, 0.15) is 0 Å². The molecule has 0 amide bonds. The minimum absolute atomic E-state index is 1.06. The van der Waals surface area contributed by atoms with Crippen molar-refractivity contribution in [2.24, 2.45) is 0 Å². The molecule has 11 heavy (non-hydrogen) atoms. The van der Waals surface area contributed by atoms with Crippen LogP contribution < -0.4 is 0 Å². The average Bonchev–Trinajstić information content (AvgIpc) is 2.01. The van der Waals surface area contributed by atoms with E-state index in [-0.39, 0.29) is 0 Å². The van der Waals surface area contributed by atoms with Gasteiger partial charge in [0.25, 0.3) is 0 Å². The van der Waals surface area contributed by atoms with Gasteiger partial charge in [-0.1, -0.05) is 23.2 Å². The molecular formula is C5H8Cl2F2O2. The van der Waals surface area contributed by atoms with Gasteiger partial charge >= 0.3 is 5.92 Å². The predicted octanol–water partition coefficient (Wildman–Crippen LogP) is 2.04. The normalized spacial score (nSPS) is 18.0. The first-order valence-corrected chi connectivity index (χ1v) is 3.55. The summed E-state index contributed by atoms with van der Waals surface area (Å²) in [4.78, 5) is 0. The van der Waals surface area contributed by atoms with Gasteiger partial charge in [0.2, 0.25) is 0 Å². The highest BCUT2D eigenvalue weighted by molar-refractivity contribution is 6.23. The van der Waals surface area contributed by atoms with Crippen LogP contribution in [0.15, 0.2) is 0 Å². The predicted molar refractivity (Wildman–Crippen MR) is 38.2 cm³/mol. The van der Waals surface area contributed by atoms with Crippen LogP contribution in [0, 0.1) is 0 Å². The van der Waals surface area contributed by atoms with E-state index in [1.165, 1.54) is 0 Å². The molecule has 0 aliphatic rings. The maximum absolute atomic E-state index is 12.7. The zero-order valence-corrected chi connectivity index (χ0v) is 7.49. The number of hydrogen-bond acceptors (Lipinski definition) is 2. The van der Waals surface area contributed by atoms with Gasteiger partial charge in [-0.3, -0.25) is 0 Å². The Labute approximate surface area is 73.4 Å². The van der Waals surface area contributed by atoms with E-state index in [1.54, 1.807) is 0 Å². The Balaban J connectivity index is 4.18. The number of alkyl halides is 4. The molecule has 2 unspecified atom stereocenters. The second kappa shape index (κ2) is 4.40. The Hall–Kier alpha value is 0.360. The lowest BCUT2D eigenvalue weighted by Crippen LogP contribution is -2.40. The smallest absolute Gasteiger partial charge is 0.326 e. The van der Waals surface area contributed by atoms with Gasteiger partial charge in [-0.2, -0.15) is 8.78 Å². The van der Waals surface area contributed by atoms with E-state index in [4.69, 9.17) is 23.2 Å². The van der Waals surface area contributed by atoms with Gasteiger partial charge in [-0.15, -0.1) is 0 Å². The van der Waals surface area contributed by atoms with Crippen LogP contribution in [0.4, 0.5) is 8.78 Å². The first kappa shape index (κ1) is 11.4. The van der Waals surface area contributed by atoms with Gasteiger partial charge in [0.15, 0.2) is 11.1 Å². The fourth-order valence-corrected chi connectivity index (χ4v) is 0.711.